The molecule has 0 bridgehead atoms. The number of carbonyl (C=O) groups excluding carboxylic acids is 2. The Morgan fingerprint density at radius 3 is 2.26 bits per heavy atom. The van der Waals surface area contributed by atoms with Crippen LogP contribution in [-0.2, 0) is 26.0 Å². The number of rotatable bonds is 10. The van der Waals surface area contributed by atoms with Crippen molar-refractivity contribution in [3.8, 4) is 5.75 Å². The quantitative estimate of drug-likeness (QED) is 0.598. The van der Waals surface area contributed by atoms with E-state index in [-0.39, 0.29) is 18.1 Å². The zero-order valence-electron chi connectivity index (χ0n) is 18.2. The molecule has 0 aromatic heterocycles. The number of para-hydroxylation sites is 2. The number of likely N-dealkylation sites (N-methyl/N-ethyl adjacent to an activating group) is 1. The van der Waals surface area contributed by atoms with E-state index < -0.39 is 28.5 Å². The number of nitrogens with zero attached hydrogens (tertiary/aromatic N) is 2. The molecule has 0 saturated heterocycles. The van der Waals surface area contributed by atoms with Gasteiger partial charge in [0.2, 0.25) is 21.8 Å². The summed E-state index contributed by atoms with van der Waals surface area (Å²) in [5.74, 6) is -0.483. The van der Waals surface area contributed by atoms with Crippen molar-refractivity contribution in [1.82, 2.24) is 10.2 Å². The predicted octanol–water partition coefficient (Wildman–Crippen LogP) is 1.67. The number of nitrogens with one attached hydrogen (secondary N) is 1. The van der Waals surface area contributed by atoms with Crippen LogP contribution in [0.2, 0.25) is 0 Å². The molecular formula is C22H29N3O5S. The molecule has 2 rings (SSSR count). The van der Waals surface area contributed by atoms with Gasteiger partial charge in [-0.25, -0.2) is 8.42 Å². The molecule has 0 aliphatic rings. The highest BCUT2D eigenvalue weighted by atomic mass is 32.2. The first kappa shape index (κ1) is 24.2. The van der Waals surface area contributed by atoms with Gasteiger partial charge in [-0.3, -0.25) is 13.9 Å². The molecule has 9 heteroatoms. The monoisotopic (exact) mass is 447 g/mol. The number of benzene rings is 2. The lowest BCUT2D eigenvalue weighted by Gasteiger charge is -2.31. The SMILES string of the molecule is CNC(=O)[C@@H](C)N(CCc1ccccc1)C(=O)CN(c1ccccc1OC)S(C)(=O)=O. The second kappa shape index (κ2) is 10.8. The number of amides is 2. The topological polar surface area (TPSA) is 96.0 Å². The van der Waals surface area contributed by atoms with Gasteiger partial charge in [-0.05, 0) is 31.0 Å². The summed E-state index contributed by atoms with van der Waals surface area (Å²) < 4.78 is 31.3. The van der Waals surface area contributed by atoms with Crippen molar-refractivity contribution in [2.24, 2.45) is 0 Å². The Kier molecular flexibility index (Phi) is 8.44. The molecule has 8 nitrogen and oxygen atoms in total. The molecule has 0 aliphatic carbocycles. The van der Waals surface area contributed by atoms with Crippen molar-refractivity contribution in [1.29, 1.82) is 0 Å². The van der Waals surface area contributed by atoms with E-state index in [0.717, 1.165) is 16.1 Å². The number of ether oxygens (including phenoxy) is 1. The largest absolute Gasteiger partial charge is 0.495 e. The van der Waals surface area contributed by atoms with Crippen LogP contribution >= 0.6 is 0 Å². The number of anilines is 1. The van der Waals surface area contributed by atoms with E-state index in [1.54, 1.807) is 31.2 Å². The van der Waals surface area contributed by atoms with Gasteiger partial charge in [0.25, 0.3) is 0 Å². The minimum Gasteiger partial charge on any atom is -0.495 e. The van der Waals surface area contributed by atoms with Crippen molar-refractivity contribution in [3.63, 3.8) is 0 Å². The molecule has 0 unspecified atom stereocenters. The molecule has 168 valence electrons. The van der Waals surface area contributed by atoms with Gasteiger partial charge in [-0.1, -0.05) is 42.5 Å². The molecule has 2 aromatic carbocycles. The smallest absolute Gasteiger partial charge is 0.244 e. The van der Waals surface area contributed by atoms with E-state index in [4.69, 9.17) is 4.74 Å². The molecule has 0 fully saturated rings. The van der Waals surface area contributed by atoms with Crippen molar-refractivity contribution in [2.75, 3.05) is 37.8 Å². The summed E-state index contributed by atoms with van der Waals surface area (Å²) in [5, 5.41) is 2.55. The van der Waals surface area contributed by atoms with Crippen LogP contribution in [0.5, 0.6) is 5.75 Å². The van der Waals surface area contributed by atoms with Gasteiger partial charge in [-0.2, -0.15) is 0 Å². The Morgan fingerprint density at radius 1 is 1.06 bits per heavy atom. The first-order valence-electron chi connectivity index (χ1n) is 9.84. The molecule has 1 atom stereocenters. The van der Waals surface area contributed by atoms with E-state index in [1.807, 2.05) is 30.3 Å². The second-order valence-corrected chi connectivity index (χ2v) is 8.96. The summed E-state index contributed by atoms with van der Waals surface area (Å²) in [7, 11) is -0.865. The van der Waals surface area contributed by atoms with Gasteiger partial charge in [0.1, 0.15) is 18.3 Å². The Bertz CT molecular complexity index is 995. The van der Waals surface area contributed by atoms with Crippen LogP contribution in [0, 0.1) is 0 Å². The Hall–Kier alpha value is -3.07. The molecule has 2 amide bonds. The highest BCUT2D eigenvalue weighted by Gasteiger charge is 2.30. The fourth-order valence-electron chi connectivity index (χ4n) is 3.21. The van der Waals surface area contributed by atoms with E-state index in [0.29, 0.717) is 12.2 Å². The van der Waals surface area contributed by atoms with Gasteiger partial charge < -0.3 is 15.0 Å². The van der Waals surface area contributed by atoms with Crippen LogP contribution in [0.3, 0.4) is 0 Å². The second-order valence-electron chi connectivity index (χ2n) is 7.05. The lowest BCUT2D eigenvalue weighted by Crippen LogP contribution is -2.51. The molecule has 0 spiro atoms. The van der Waals surface area contributed by atoms with E-state index >= 15 is 0 Å². The first-order chi connectivity index (χ1) is 14.7. The Balaban J connectivity index is 2.33. The molecule has 0 saturated carbocycles. The Morgan fingerprint density at radius 2 is 1.68 bits per heavy atom. The molecule has 0 aliphatic heterocycles. The highest BCUT2D eigenvalue weighted by molar-refractivity contribution is 7.92. The van der Waals surface area contributed by atoms with Gasteiger partial charge in [0.15, 0.2) is 0 Å². The highest BCUT2D eigenvalue weighted by Crippen LogP contribution is 2.29. The lowest BCUT2D eigenvalue weighted by atomic mass is 10.1. The van der Waals surface area contributed by atoms with Crippen LogP contribution in [0.4, 0.5) is 5.69 Å². The molecule has 2 aromatic rings. The fourth-order valence-corrected chi connectivity index (χ4v) is 4.06. The first-order valence-corrected chi connectivity index (χ1v) is 11.7. The maximum Gasteiger partial charge on any atom is 0.244 e. The van der Waals surface area contributed by atoms with Crippen LogP contribution in [0.25, 0.3) is 0 Å². The van der Waals surface area contributed by atoms with Gasteiger partial charge >= 0.3 is 0 Å². The third-order valence-corrected chi connectivity index (χ3v) is 6.06. The minimum atomic E-state index is -3.79. The van der Waals surface area contributed by atoms with Gasteiger partial charge in [-0.15, -0.1) is 0 Å². The number of carbonyl (C=O) groups is 2. The van der Waals surface area contributed by atoms with Crippen molar-refractivity contribution in [2.45, 2.75) is 19.4 Å². The zero-order valence-corrected chi connectivity index (χ0v) is 19.1. The number of methoxy groups -OCH3 is 1. The molecule has 0 heterocycles. The average molecular weight is 448 g/mol. The van der Waals surface area contributed by atoms with Crippen LogP contribution < -0.4 is 14.4 Å². The molecule has 0 radical (unpaired) electrons. The fraction of sp³-hybridized carbons (Fsp3) is 0.364. The summed E-state index contributed by atoms with van der Waals surface area (Å²) in [5.41, 5.74) is 1.27. The van der Waals surface area contributed by atoms with E-state index in [2.05, 4.69) is 5.32 Å². The minimum absolute atomic E-state index is 0.261. The lowest BCUT2D eigenvalue weighted by molar-refractivity contribution is -0.138. The molecule has 31 heavy (non-hydrogen) atoms. The average Bonchev–Trinajstić information content (AvgIpc) is 2.76. The van der Waals surface area contributed by atoms with Crippen molar-refractivity contribution in [3.05, 3.63) is 60.2 Å². The molecular weight excluding hydrogens is 418 g/mol. The summed E-state index contributed by atoms with van der Waals surface area (Å²) >= 11 is 0. The van der Waals surface area contributed by atoms with Gasteiger partial charge in [0, 0.05) is 13.6 Å². The maximum absolute atomic E-state index is 13.3. The normalized spacial score (nSPS) is 12.0. The predicted molar refractivity (Wildman–Crippen MR) is 121 cm³/mol. The van der Waals surface area contributed by atoms with E-state index in [1.165, 1.54) is 19.1 Å². The van der Waals surface area contributed by atoms with Gasteiger partial charge in [0.05, 0.1) is 19.1 Å². The number of hydrogen-bond acceptors (Lipinski definition) is 5. The summed E-state index contributed by atoms with van der Waals surface area (Å²) in [4.78, 5) is 26.9. The Labute approximate surface area is 183 Å². The third kappa shape index (κ3) is 6.45. The van der Waals surface area contributed by atoms with E-state index in [9.17, 15) is 18.0 Å². The van der Waals surface area contributed by atoms with Crippen molar-refractivity contribution < 1.29 is 22.7 Å². The van der Waals surface area contributed by atoms with Crippen LogP contribution in [0.15, 0.2) is 54.6 Å². The van der Waals surface area contributed by atoms with Crippen LogP contribution in [0.1, 0.15) is 12.5 Å². The summed E-state index contributed by atoms with van der Waals surface area (Å²) in [6.07, 6.45) is 1.56. The van der Waals surface area contributed by atoms with Crippen LogP contribution in [-0.4, -0.2) is 64.7 Å². The number of hydrogen-bond donors (Lipinski definition) is 1. The molecule has 1 N–H and O–H groups in total. The maximum atomic E-state index is 13.3. The number of sulfonamides is 1. The summed E-state index contributed by atoms with van der Waals surface area (Å²) in [6.45, 7) is 1.44. The standard InChI is InChI=1S/C22H29N3O5S/c1-17(22(27)23-2)24(15-14-18-10-6-5-7-11-18)21(26)16-25(31(4,28)29)19-12-8-9-13-20(19)30-3/h5-13,17H,14-16H2,1-4H3,(H,23,27)/t17-/m1/s1. The summed E-state index contributed by atoms with van der Waals surface area (Å²) in [6, 6.07) is 15.4. The van der Waals surface area contributed by atoms with Crippen molar-refractivity contribution >= 4 is 27.5 Å². The zero-order chi connectivity index (χ0) is 23.0. The third-order valence-electron chi connectivity index (χ3n) is 4.93.